The van der Waals surface area contributed by atoms with Gasteiger partial charge < -0.3 is 60.6 Å². The molecule has 2 aromatic rings. The van der Waals surface area contributed by atoms with Crippen molar-refractivity contribution >= 4 is 0 Å². The van der Waals surface area contributed by atoms with Crippen LogP contribution in [0.2, 0.25) is 0 Å². The highest BCUT2D eigenvalue weighted by molar-refractivity contribution is 5.43. The lowest BCUT2D eigenvalue weighted by Gasteiger charge is -2.34. The summed E-state index contributed by atoms with van der Waals surface area (Å²) in [6.45, 7) is 19.4. The lowest BCUT2D eigenvalue weighted by Crippen LogP contribution is -2.47. The first-order valence-electron chi connectivity index (χ1n) is 18.7. The van der Waals surface area contributed by atoms with E-state index in [2.05, 4.69) is 42.4 Å². The van der Waals surface area contributed by atoms with Crippen molar-refractivity contribution in [3.05, 3.63) is 47.5 Å². The molecule has 50 heavy (non-hydrogen) atoms. The lowest BCUT2D eigenvalue weighted by atomic mass is 10.2. The number of ether oxygens (including phenoxy) is 4. The van der Waals surface area contributed by atoms with Crippen molar-refractivity contribution in [1.29, 1.82) is 0 Å². The summed E-state index contributed by atoms with van der Waals surface area (Å²) in [5, 5.41) is 7.10. The zero-order valence-corrected chi connectivity index (χ0v) is 31.6. The van der Waals surface area contributed by atoms with E-state index in [4.69, 9.17) is 30.4 Å². The van der Waals surface area contributed by atoms with Crippen molar-refractivity contribution in [3.63, 3.8) is 0 Å². The minimum Gasteiger partial charge on any atom is -0.493 e. The first-order valence-corrected chi connectivity index (χ1v) is 18.7. The Labute approximate surface area is 302 Å². The number of hydrogen-bond donors (Lipinski definition) is 4. The maximum atomic E-state index is 5.49. The molecule has 0 amide bonds. The summed E-state index contributed by atoms with van der Waals surface area (Å²) in [6, 6.07) is 12.2. The predicted molar refractivity (Wildman–Crippen MR) is 205 cm³/mol. The third kappa shape index (κ3) is 15.7. The van der Waals surface area contributed by atoms with Gasteiger partial charge in [-0.15, -0.1) is 0 Å². The van der Waals surface area contributed by atoms with Crippen LogP contribution in [0.15, 0.2) is 36.4 Å². The average molecular weight is 701 g/mol. The van der Waals surface area contributed by atoms with Crippen LogP contribution < -0.4 is 41.0 Å². The first kappa shape index (κ1) is 41.7. The third-order valence-electron chi connectivity index (χ3n) is 9.50. The van der Waals surface area contributed by atoms with Crippen LogP contribution in [0.4, 0.5) is 0 Å². The molecule has 0 atom stereocenters. The molecule has 0 aromatic heterocycles. The molecule has 12 nitrogen and oxygen atoms in total. The fraction of sp³-hybridized carbons (Fsp3) is 0.684. The van der Waals surface area contributed by atoms with Crippen molar-refractivity contribution in [3.8, 4) is 23.0 Å². The summed E-state index contributed by atoms with van der Waals surface area (Å²) >= 11 is 0. The number of rotatable bonds is 22. The Kier molecular flexibility index (Phi) is 21.1. The van der Waals surface area contributed by atoms with E-state index in [0.29, 0.717) is 0 Å². The second-order valence-electron chi connectivity index (χ2n) is 13.1. The molecule has 6 N–H and O–H groups in total. The van der Waals surface area contributed by atoms with Crippen molar-refractivity contribution < 1.29 is 18.9 Å². The molecule has 0 aliphatic carbocycles. The maximum absolute atomic E-state index is 5.49. The summed E-state index contributed by atoms with van der Waals surface area (Å²) in [5.41, 5.74) is 13.4. The van der Waals surface area contributed by atoms with Crippen molar-refractivity contribution in [2.24, 2.45) is 11.5 Å². The molecule has 0 saturated carbocycles. The molecule has 2 fully saturated rings. The first-order chi connectivity index (χ1) is 24.5. The summed E-state index contributed by atoms with van der Waals surface area (Å²) in [5.74, 6) is 3.10. The molecule has 2 heterocycles. The van der Waals surface area contributed by atoms with Crippen LogP contribution in [0.25, 0.3) is 0 Å². The second-order valence-corrected chi connectivity index (χ2v) is 13.1. The van der Waals surface area contributed by atoms with Gasteiger partial charge in [0.1, 0.15) is 0 Å². The normalized spacial score (nSPS) is 16.1. The van der Waals surface area contributed by atoms with Gasteiger partial charge in [0.15, 0.2) is 23.0 Å². The SMILES string of the molecule is COc1ccc(CNCCCN2CCN(CCCNCc3ccc(OC)c(OC)c3)CC2)cc1OC.NCCCN1CCN(CCCN)CC1. The highest BCUT2D eigenvalue weighted by Crippen LogP contribution is 2.28. The molecular weight excluding hydrogens is 632 g/mol. The van der Waals surface area contributed by atoms with E-state index in [1.165, 1.54) is 50.4 Å². The van der Waals surface area contributed by atoms with Gasteiger partial charge >= 0.3 is 0 Å². The lowest BCUT2D eigenvalue weighted by molar-refractivity contribution is 0.130. The van der Waals surface area contributed by atoms with E-state index in [9.17, 15) is 0 Å². The highest BCUT2D eigenvalue weighted by Gasteiger charge is 2.17. The predicted octanol–water partition coefficient (Wildman–Crippen LogP) is 2.30. The number of hydrogen-bond acceptors (Lipinski definition) is 12. The van der Waals surface area contributed by atoms with Crippen molar-refractivity contribution in [2.75, 3.05) is 133 Å². The third-order valence-corrected chi connectivity index (χ3v) is 9.50. The minimum absolute atomic E-state index is 0.770. The molecule has 0 unspecified atom stereocenters. The fourth-order valence-corrected chi connectivity index (χ4v) is 6.40. The molecule has 284 valence electrons. The molecule has 12 heteroatoms. The van der Waals surface area contributed by atoms with Gasteiger partial charge in [-0.3, -0.25) is 0 Å². The standard InChI is InChI=1S/C28H44N4O4.C10H24N4/c1-33-25-9-7-23(19-27(25)35-3)21-29-11-5-13-31-15-17-32(18-16-31)14-6-12-30-22-24-8-10-26(34-2)28(20-24)36-4;11-3-1-5-13-7-9-14(10-8-13)6-2-4-12/h7-10,19-20,29-30H,5-6,11-18,21-22H2,1-4H3;1-12H2. The molecule has 2 aliphatic heterocycles. The van der Waals surface area contributed by atoms with E-state index < -0.39 is 0 Å². The van der Waals surface area contributed by atoms with Crippen LogP contribution in [0.3, 0.4) is 0 Å². The largest absolute Gasteiger partial charge is 0.493 e. The zero-order chi connectivity index (χ0) is 35.8. The molecule has 4 rings (SSSR count). The Balaban J connectivity index is 0.000000403. The summed E-state index contributed by atoms with van der Waals surface area (Å²) in [4.78, 5) is 10.2. The van der Waals surface area contributed by atoms with E-state index >= 15 is 0 Å². The minimum atomic E-state index is 0.770. The van der Waals surface area contributed by atoms with Crippen molar-refractivity contribution in [2.45, 2.75) is 38.8 Å². The van der Waals surface area contributed by atoms with Crippen LogP contribution in [-0.4, -0.2) is 153 Å². The van der Waals surface area contributed by atoms with E-state index in [0.717, 1.165) is 127 Å². The van der Waals surface area contributed by atoms with Crippen LogP contribution in [0, 0.1) is 0 Å². The van der Waals surface area contributed by atoms with Gasteiger partial charge in [-0.1, -0.05) is 12.1 Å². The van der Waals surface area contributed by atoms with E-state index in [1.54, 1.807) is 28.4 Å². The summed E-state index contributed by atoms with van der Waals surface area (Å²) in [7, 11) is 6.67. The molecule has 0 spiro atoms. The van der Waals surface area contributed by atoms with Gasteiger partial charge in [-0.25, -0.2) is 0 Å². The van der Waals surface area contributed by atoms with Crippen LogP contribution in [-0.2, 0) is 13.1 Å². The topological polar surface area (TPSA) is 126 Å². The van der Waals surface area contributed by atoms with Gasteiger partial charge in [0.25, 0.3) is 0 Å². The Bertz CT molecular complexity index is 1070. The summed E-state index contributed by atoms with van der Waals surface area (Å²) in [6.07, 6.45) is 4.58. The molecule has 2 aliphatic rings. The molecule has 0 radical (unpaired) electrons. The van der Waals surface area contributed by atoms with Crippen molar-refractivity contribution in [1.82, 2.24) is 30.2 Å². The zero-order valence-electron chi connectivity index (χ0n) is 31.6. The molecular formula is C38H68N8O4. The number of nitrogens with zero attached hydrogens (tertiary/aromatic N) is 4. The number of methoxy groups -OCH3 is 4. The van der Waals surface area contributed by atoms with Gasteiger partial charge in [0.05, 0.1) is 28.4 Å². The molecule has 0 bridgehead atoms. The Morgan fingerprint density at radius 3 is 1.10 bits per heavy atom. The Morgan fingerprint density at radius 1 is 0.480 bits per heavy atom. The van der Waals surface area contributed by atoms with Gasteiger partial charge in [-0.05, 0) is 113 Å². The fourth-order valence-electron chi connectivity index (χ4n) is 6.40. The van der Waals surface area contributed by atoms with Crippen LogP contribution >= 0.6 is 0 Å². The number of piperazine rings is 2. The Morgan fingerprint density at radius 2 is 0.800 bits per heavy atom. The monoisotopic (exact) mass is 701 g/mol. The van der Waals surface area contributed by atoms with Gasteiger partial charge in [-0.2, -0.15) is 0 Å². The van der Waals surface area contributed by atoms with E-state index in [-0.39, 0.29) is 0 Å². The molecule has 2 aromatic carbocycles. The van der Waals surface area contributed by atoms with Crippen LogP contribution in [0.1, 0.15) is 36.8 Å². The second kappa shape index (κ2) is 25.3. The maximum Gasteiger partial charge on any atom is 0.161 e. The van der Waals surface area contributed by atoms with E-state index in [1.807, 2.05) is 24.3 Å². The number of nitrogens with two attached hydrogens (primary N) is 2. The summed E-state index contributed by atoms with van der Waals surface area (Å²) < 4.78 is 21.4. The number of benzene rings is 2. The number of nitrogens with one attached hydrogen (secondary N) is 2. The van der Waals surface area contributed by atoms with Gasteiger partial charge in [0, 0.05) is 65.4 Å². The smallest absolute Gasteiger partial charge is 0.161 e. The Hall–Kier alpha value is -2.68. The van der Waals surface area contributed by atoms with Crippen LogP contribution in [0.5, 0.6) is 23.0 Å². The quantitative estimate of drug-likeness (QED) is 0.135. The highest BCUT2D eigenvalue weighted by atomic mass is 16.5. The van der Waals surface area contributed by atoms with Gasteiger partial charge in [0.2, 0.25) is 0 Å². The average Bonchev–Trinajstić information content (AvgIpc) is 3.17. The molecule has 2 saturated heterocycles.